The molecule has 10 heteroatoms. The Bertz CT molecular complexity index is 757. The number of nitriles is 1. The van der Waals surface area contributed by atoms with Crippen molar-refractivity contribution < 1.29 is 27.2 Å². The number of carbonyl (C=O) groups is 2. The van der Waals surface area contributed by atoms with Crippen molar-refractivity contribution >= 4 is 11.8 Å². The molecule has 2 unspecified atom stereocenters. The molecule has 0 heterocycles. The molecule has 1 aromatic rings. The average Bonchev–Trinajstić information content (AvgIpc) is 2.63. The van der Waals surface area contributed by atoms with Gasteiger partial charge in [0.25, 0.3) is 5.91 Å². The van der Waals surface area contributed by atoms with Gasteiger partial charge in [0.2, 0.25) is 5.91 Å². The van der Waals surface area contributed by atoms with E-state index >= 15 is 0 Å². The second-order valence-corrected chi connectivity index (χ2v) is 7.23. The van der Waals surface area contributed by atoms with Gasteiger partial charge in [-0.05, 0) is 32.9 Å². The van der Waals surface area contributed by atoms with E-state index in [4.69, 9.17) is 5.26 Å². The second-order valence-electron chi connectivity index (χ2n) is 7.23. The molecule has 0 saturated carbocycles. The molecule has 0 spiro atoms. The molecule has 29 heavy (non-hydrogen) atoms. The van der Waals surface area contributed by atoms with Crippen LogP contribution in [0.15, 0.2) is 24.3 Å². The first-order valence-electron chi connectivity index (χ1n) is 8.88. The minimum atomic E-state index is -4.66. The molecule has 3 N–H and O–H groups in total. The van der Waals surface area contributed by atoms with Crippen LogP contribution < -0.4 is 16.0 Å². The highest BCUT2D eigenvalue weighted by atomic mass is 19.4. The molecule has 0 aliphatic heterocycles. The maximum atomic E-state index is 13.0. The van der Waals surface area contributed by atoms with Crippen molar-refractivity contribution in [2.24, 2.45) is 0 Å². The molecule has 6 nitrogen and oxygen atoms in total. The van der Waals surface area contributed by atoms with E-state index in [0.717, 1.165) is 12.1 Å². The fourth-order valence-corrected chi connectivity index (χ4v) is 2.42. The van der Waals surface area contributed by atoms with E-state index < -0.39 is 46.9 Å². The predicted molar refractivity (Wildman–Crippen MR) is 98.6 cm³/mol. The van der Waals surface area contributed by atoms with Crippen molar-refractivity contribution in [1.29, 1.82) is 5.26 Å². The monoisotopic (exact) mass is 416 g/mol. The fraction of sp³-hybridized carbons (Fsp3) is 0.526. The smallest absolute Gasteiger partial charge is 0.350 e. The van der Waals surface area contributed by atoms with E-state index in [-0.39, 0.29) is 19.5 Å². The minimum Gasteiger partial charge on any atom is -0.350 e. The zero-order valence-electron chi connectivity index (χ0n) is 16.4. The number of nitrogens with one attached hydrogen (secondary N) is 3. The zero-order chi connectivity index (χ0) is 22.2. The SMILES string of the molecule is CC(F)CC(C#N)NC(=O)CNC(C)(C)CNC(=O)c1ccccc1C(F)(F)F. The lowest BCUT2D eigenvalue weighted by Gasteiger charge is -2.27. The molecule has 0 bridgehead atoms. The number of benzene rings is 1. The summed E-state index contributed by atoms with van der Waals surface area (Å²) in [7, 11) is 0. The van der Waals surface area contributed by atoms with Gasteiger partial charge >= 0.3 is 6.18 Å². The highest BCUT2D eigenvalue weighted by Crippen LogP contribution is 2.31. The van der Waals surface area contributed by atoms with E-state index in [1.54, 1.807) is 19.9 Å². The largest absolute Gasteiger partial charge is 0.417 e. The Labute approximate surface area is 166 Å². The van der Waals surface area contributed by atoms with Gasteiger partial charge in [-0.25, -0.2) is 4.39 Å². The summed E-state index contributed by atoms with van der Waals surface area (Å²) >= 11 is 0. The molecule has 2 amide bonds. The molecule has 160 valence electrons. The number of nitrogens with zero attached hydrogens (tertiary/aromatic N) is 1. The number of hydrogen-bond acceptors (Lipinski definition) is 4. The van der Waals surface area contributed by atoms with E-state index in [2.05, 4.69) is 16.0 Å². The molecule has 1 rings (SSSR count). The number of rotatable bonds is 9. The van der Waals surface area contributed by atoms with Crippen LogP contribution in [0.25, 0.3) is 0 Å². The van der Waals surface area contributed by atoms with Gasteiger partial charge in [-0.3, -0.25) is 9.59 Å². The molecule has 0 fully saturated rings. The van der Waals surface area contributed by atoms with Gasteiger partial charge in [0, 0.05) is 18.5 Å². The molecule has 0 aliphatic carbocycles. The zero-order valence-corrected chi connectivity index (χ0v) is 16.4. The Morgan fingerprint density at radius 3 is 2.38 bits per heavy atom. The molecule has 1 aromatic carbocycles. The third-order valence-corrected chi connectivity index (χ3v) is 3.95. The third-order valence-electron chi connectivity index (χ3n) is 3.95. The highest BCUT2D eigenvalue weighted by molar-refractivity contribution is 5.95. The van der Waals surface area contributed by atoms with Gasteiger partial charge in [-0.1, -0.05) is 12.1 Å². The van der Waals surface area contributed by atoms with Crippen LogP contribution in [0.5, 0.6) is 0 Å². The van der Waals surface area contributed by atoms with Gasteiger partial charge in [-0.15, -0.1) is 0 Å². The minimum absolute atomic E-state index is 0.0610. The lowest BCUT2D eigenvalue weighted by atomic mass is 10.0. The summed E-state index contributed by atoms with van der Waals surface area (Å²) in [5, 5.41) is 16.5. The molecular formula is C19H24F4N4O2. The average molecular weight is 416 g/mol. The van der Waals surface area contributed by atoms with Crippen molar-refractivity contribution in [3.8, 4) is 6.07 Å². The molecule has 2 atom stereocenters. The van der Waals surface area contributed by atoms with E-state index in [1.165, 1.54) is 19.1 Å². The molecule has 0 saturated heterocycles. The number of alkyl halides is 4. The second kappa shape index (κ2) is 10.2. The summed E-state index contributed by atoms with van der Waals surface area (Å²) in [6, 6.07) is 5.26. The first-order valence-corrected chi connectivity index (χ1v) is 8.88. The fourth-order valence-electron chi connectivity index (χ4n) is 2.42. The third kappa shape index (κ3) is 8.48. The van der Waals surface area contributed by atoms with Crippen LogP contribution in [0.4, 0.5) is 17.6 Å². The lowest BCUT2D eigenvalue weighted by molar-refractivity contribution is -0.138. The van der Waals surface area contributed by atoms with Crippen LogP contribution in [0, 0.1) is 11.3 Å². The van der Waals surface area contributed by atoms with E-state index in [9.17, 15) is 27.2 Å². The Hall–Kier alpha value is -2.67. The first-order chi connectivity index (χ1) is 13.4. The normalized spacial score (nSPS) is 13.9. The lowest BCUT2D eigenvalue weighted by Crippen LogP contribution is -2.52. The van der Waals surface area contributed by atoms with Crippen molar-refractivity contribution in [2.45, 2.75) is 51.1 Å². The molecule has 0 radical (unpaired) electrons. The quantitative estimate of drug-likeness (QED) is 0.540. The Morgan fingerprint density at radius 2 is 1.83 bits per heavy atom. The summed E-state index contributed by atoms with van der Waals surface area (Å²) in [5.74, 6) is -1.43. The standard InChI is InChI=1S/C19H24F4N4O2/c1-12(20)8-13(9-24)27-16(28)10-26-18(2,3)11-25-17(29)14-6-4-5-7-15(14)19(21,22)23/h4-7,12-13,26H,8,10-11H2,1-3H3,(H,25,29)(H,27,28). The number of hydrogen-bond donors (Lipinski definition) is 3. The van der Waals surface area contributed by atoms with Crippen LogP contribution in [-0.4, -0.2) is 42.7 Å². The van der Waals surface area contributed by atoms with Crippen LogP contribution in [0.3, 0.4) is 0 Å². The van der Waals surface area contributed by atoms with Crippen LogP contribution in [0.2, 0.25) is 0 Å². The molecule has 0 aromatic heterocycles. The van der Waals surface area contributed by atoms with Crippen LogP contribution in [-0.2, 0) is 11.0 Å². The summed E-state index contributed by atoms with van der Waals surface area (Å²) < 4.78 is 52.0. The van der Waals surface area contributed by atoms with Gasteiger partial charge in [0.1, 0.15) is 12.2 Å². The number of carbonyl (C=O) groups excluding carboxylic acids is 2. The van der Waals surface area contributed by atoms with Crippen molar-refractivity contribution in [1.82, 2.24) is 16.0 Å². The van der Waals surface area contributed by atoms with Gasteiger partial charge in [0.05, 0.1) is 23.7 Å². The van der Waals surface area contributed by atoms with Crippen molar-refractivity contribution in [3.05, 3.63) is 35.4 Å². The number of amides is 2. The Balaban J connectivity index is 2.61. The van der Waals surface area contributed by atoms with Gasteiger partial charge < -0.3 is 16.0 Å². The highest BCUT2D eigenvalue weighted by Gasteiger charge is 2.35. The number of halogens is 4. The van der Waals surface area contributed by atoms with Crippen molar-refractivity contribution in [2.75, 3.05) is 13.1 Å². The summed E-state index contributed by atoms with van der Waals surface area (Å²) in [6.45, 7) is 4.27. The topological polar surface area (TPSA) is 94.0 Å². The first kappa shape index (κ1) is 24.4. The maximum Gasteiger partial charge on any atom is 0.417 e. The summed E-state index contributed by atoms with van der Waals surface area (Å²) in [6.07, 6.45) is -6.05. The van der Waals surface area contributed by atoms with Gasteiger partial charge in [-0.2, -0.15) is 18.4 Å². The van der Waals surface area contributed by atoms with Crippen LogP contribution >= 0.6 is 0 Å². The maximum absolute atomic E-state index is 13.0. The summed E-state index contributed by atoms with van der Waals surface area (Å²) in [5.41, 5.74) is -2.37. The van der Waals surface area contributed by atoms with Crippen molar-refractivity contribution in [3.63, 3.8) is 0 Å². The molecule has 0 aliphatic rings. The van der Waals surface area contributed by atoms with E-state index in [0.29, 0.717) is 0 Å². The summed E-state index contributed by atoms with van der Waals surface area (Å²) in [4.78, 5) is 24.1. The van der Waals surface area contributed by atoms with Gasteiger partial charge in [0.15, 0.2) is 0 Å². The predicted octanol–water partition coefficient (Wildman–Crippen LogP) is 2.56. The van der Waals surface area contributed by atoms with Crippen LogP contribution in [0.1, 0.15) is 43.1 Å². The molecular weight excluding hydrogens is 392 g/mol. The Morgan fingerprint density at radius 1 is 1.21 bits per heavy atom. The Kier molecular flexibility index (Phi) is 8.58. The van der Waals surface area contributed by atoms with E-state index in [1.807, 2.05) is 0 Å².